The first kappa shape index (κ1) is 11.1. The van der Waals surface area contributed by atoms with Gasteiger partial charge in [-0.15, -0.1) is 0 Å². The summed E-state index contributed by atoms with van der Waals surface area (Å²) in [4.78, 5) is 0. The van der Waals surface area contributed by atoms with E-state index in [9.17, 15) is 4.46 Å². The van der Waals surface area contributed by atoms with Crippen LogP contribution in [0.5, 0.6) is 0 Å². The quantitative estimate of drug-likeness (QED) is 0.566. The minimum absolute atomic E-state index is 0.285. The summed E-state index contributed by atoms with van der Waals surface area (Å²) >= 11 is 0. The first-order valence-corrected chi connectivity index (χ1v) is 7.99. The van der Waals surface area contributed by atoms with Gasteiger partial charge in [0.25, 0.3) is 0 Å². The highest BCUT2D eigenvalue weighted by Crippen LogP contribution is 2.00. The first-order valence-electron chi connectivity index (χ1n) is 3.69. The van der Waals surface area contributed by atoms with Gasteiger partial charge in [0.1, 0.15) is 0 Å². The van der Waals surface area contributed by atoms with E-state index < -0.39 is 17.0 Å². The molecule has 0 bridgehead atoms. The Morgan fingerprint density at radius 3 is 2.00 bits per heavy atom. The van der Waals surface area contributed by atoms with Crippen LogP contribution in [0.3, 0.4) is 0 Å². The standard InChI is InChI=1S/C5H15NO3Si2/c1-3-8-11(5-6,10-7)9-4-2/h10H,3-6H2,1-2H3. The van der Waals surface area contributed by atoms with Crippen molar-refractivity contribution in [2.24, 2.45) is 5.73 Å². The summed E-state index contributed by atoms with van der Waals surface area (Å²) in [5, 5.41) is 0. The van der Waals surface area contributed by atoms with Crippen molar-refractivity contribution in [1.82, 2.24) is 0 Å². The Morgan fingerprint density at radius 1 is 1.36 bits per heavy atom. The minimum Gasteiger partial charge on any atom is -0.392 e. The van der Waals surface area contributed by atoms with Crippen LogP contribution in [-0.4, -0.2) is 36.4 Å². The van der Waals surface area contributed by atoms with Crippen molar-refractivity contribution in [3.63, 3.8) is 0 Å². The normalized spacial score (nSPS) is 11.5. The molecule has 0 aliphatic heterocycles. The van der Waals surface area contributed by atoms with E-state index in [2.05, 4.69) is 0 Å². The molecule has 66 valence electrons. The largest absolute Gasteiger partial charge is 0.395 e. The lowest BCUT2D eigenvalue weighted by Gasteiger charge is -2.21. The predicted molar refractivity (Wildman–Crippen MR) is 45.9 cm³/mol. The van der Waals surface area contributed by atoms with Crippen molar-refractivity contribution in [3.8, 4) is 0 Å². The van der Waals surface area contributed by atoms with E-state index in [0.29, 0.717) is 13.2 Å². The van der Waals surface area contributed by atoms with Gasteiger partial charge in [0.05, 0.1) is 0 Å². The van der Waals surface area contributed by atoms with Crippen LogP contribution in [0.15, 0.2) is 0 Å². The Hall–Kier alpha value is 0.114. The third kappa shape index (κ3) is 3.34. The van der Waals surface area contributed by atoms with Crippen molar-refractivity contribution < 1.29 is 13.3 Å². The Bertz CT molecular complexity index is 116. The van der Waals surface area contributed by atoms with Crippen molar-refractivity contribution in [2.75, 3.05) is 19.4 Å². The summed E-state index contributed by atoms with van der Waals surface area (Å²) in [6.45, 7) is 4.76. The number of hydrogen-bond acceptors (Lipinski definition) is 4. The molecular weight excluding hydrogens is 178 g/mol. The smallest absolute Gasteiger partial charge is 0.392 e. The summed E-state index contributed by atoms with van der Waals surface area (Å²) in [5.41, 5.74) is 5.42. The van der Waals surface area contributed by atoms with E-state index in [1.807, 2.05) is 13.8 Å². The maximum absolute atomic E-state index is 10.8. The molecule has 0 aromatic rings. The lowest BCUT2D eigenvalue weighted by atomic mass is 10.9. The third-order valence-corrected chi connectivity index (χ3v) is 6.51. The average molecular weight is 193 g/mol. The molecule has 0 saturated carbocycles. The summed E-state index contributed by atoms with van der Waals surface area (Å²) < 4.78 is 21.3. The SMILES string of the molecule is CCO[Si](CN)(OCC)[SiH]=O. The molecule has 0 spiro atoms. The average Bonchev–Trinajstić information content (AvgIpc) is 2.04. The molecule has 4 nitrogen and oxygen atoms in total. The molecule has 11 heavy (non-hydrogen) atoms. The fourth-order valence-electron chi connectivity index (χ4n) is 0.764. The highest BCUT2D eigenvalue weighted by molar-refractivity contribution is 7.12. The van der Waals surface area contributed by atoms with Crippen LogP contribution < -0.4 is 5.73 Å². The summed E-state index contributed by atoms with van der Waals surface area (Å²) in [6.07, 6.45) is 0.285. The summed E-state index contributed by atoms with van der Waals surface area (Å²) in [7, 11) is -3.45. The second-order valence-electron chi connectivity index (χ2n) is 2.00. The predicted octanol–water partition coefficient (Wildman–Crippen LogP) is -0.722. The van der Waals surface area contributed by atoms with Gasteiger partial charge in [0.2, 0.25) is 0 Å². The van der Waals surface area contributed by atoms with E-state index in [0.717, 1.165) is 0 Å². The molecule has 0 fully saturated rings. The van der Waals surface area contributed by atoms with E-state index in [4.69, 9.17) is 14.6 Å². The molecule has 0 amide bonds. The van der Waals surface area contributed by atoms with Crippen LogP contribution in [0, 0.1) is 0 Å². The first-order chi connectivity index (χ1) is 5.24. The van der Waals surface area contributed by atoms with Crippen LogP contribution in [0.4, 0.5) is 0 Å². The fraction of sp³-hybridized carbons (Fsp3) is 1.00. The third-order valence-electron chi connectivity index (χ3n) is 1.24. The molecule has 0 unspecified atom stereocenters. The number of rotatable bonds is 6. The topological polar surface area (TPSA) is 61.6 Å². The Balaban J connectivity index is 4.07. The Labute approximate surface area is 70.0 Å². The molecule has 6 heteroatoms. The van der Waals surface area contributed by atoms with Crippen LogP contribution in [0.2, 0.25) is 0 Å². The van der Waals surface area contributed by atoms with Crippen LogP contribution >= 0.6 is 0 Å². The molecule has 0 atom stereocenters. The maximum Gasteiger partial charge on any atom is 0.395 e. The van der Waals surface area contributed by atoms with Crippen molar-refractivity contribution in [3.05, 3.63) is 0 Å². The minimum atomic E-state index is -2.44. The molecular formula is C5H15NO3Si2. The van der Waals surface area contributed by atoms with Crippen LogP contribution in [-0.2, 0) is 13.3 Å². The zero-order valence-corrected chi connectivity index (χ0v) is 9.16. The second kappa shape index (κ2) is 5.72. The lowest BCUT2D eigenvalue weighted by Crippen LogP contribution is -2.53. The highest BCUT2D eigenvalue weighted by Gasteiger charge is 2.36. The molecule has 0 heterocycles. The molecule has 0 aliphatic carbocycles. The van der Waals surface area contributed by atoms with E-state index in [-0.39, 0.29) is 6.17 Å². The molecule has 0 rings (SSSR count). The van der Waals surface area contributed by atoms with E-state index >= 15 is 0 Å². The number of nitrogens with two attached hydrogens (primary N) is 1. The zero-order chi connectivity index (χ0) is 8.74. The fourth-order valence-corrected chi connectivity index (χ4v) is 3.99. The molecule has 0 aromatic carbocycles. The summed E-state index contributed by atoms with van der Waals surface area (Å²) in [5.74, 6) is 0. The molecule has 2 N–H and O–H groups in total. The van der Waals surface area contributed by atoms with Gasteiger partial charge in [-0.05, 0) is 13.8 Å². The van der Waals surface area contributed by atoms with Crippen molar-refractivity contribution in [2.45, 2.75) is 13.8 Å². The van der Waals surface area contributed by atoms with Gasteiger partial charge in [0, 0.05) is 19.4 Å². The van der Waals surface area contributed by atoms with E-state index in [1.54, 1.807) is 0 Å². The molecule has 0 saturated heterocycles. The highest BCUT2D eigenvalue weighted by atomic mass is 29.2. The molecule has 0 radical (unpaired) electrons. The van der Waals surface area contributed by atoms with Gasteiger partial charge in [-0.25, -0.2) is 0 Å². The van der Waals surface area contributed by atoms with Gasteiger partial charge in [-0.2, -0.15) is 0 Å². The zero-order valence-electron chi connectivity index (χ0n) is 7.00. The Morgan fingerprint density at radius 2 is 1.82 bits per heavy atom. The molecule has 0 aromatic heterocycles. The van der Waals surface area contributed by atoms with Gasteiger partial charge in [-0.3, -0.25) is 0 Å². The Kier molecular flexibility index (Phi) is 5.78. The van der Waals surface area contributed by atoms with Crippen LogP contribution in [0.25, 0.3) is 0 Å². The number of hydrogen-bond donors (Lipinski definition) is 1. The van der Waals surface area contributed by atoms with Crippen molar-refractivity contribution in [1.29, 1.82) is 0 Å². The van der Waals surface area contributed by atoms with Gasteiger partial charge >= 0.3 is 17.0 Å². The maximum atomic E-state index is 10.8. The van der Waals surface area contributed by atoms with Gasteiger partial charge < -0.3 is 19.0 Å². The van der Waals surface area contributed by atoms with Gasteiger partial charge in [0.15, 0.2) is 0 Å². The van der Waals surface area contributed by atoms with E-state index in [1.165, 1.54) is 0 Å². The van der Waals surface area contributed by atoms with Crippen LogP contribution in [0.1, 0.15) is 13.8 Å². The second-order valence-corrected chi connectivity index (χ2v) is 8.19. The molecule has 0 aliphatic rings. The summed E-state index contributed by atoms with van der Waals surface area (Å²) in [6, 6.07) is 0. The lowest BCUT2D eigenvalue weighted by molar-refractivity contribution is 0.201. The van der Waals surface area contributed by atoms with Crippen molar-refractivity contribution >= 4 is 17.0 Å². The monoisotopic (exact) mass is 193 g/mol. The van der Waals surface area contributed by atoms with Gasteiger partial charge in [-0.1, -0.05) is 0 Å².